The summed E-state index contributed by atoms with van der Waals surface area (Å²) in [6.45, 7) is 1.77. The summed E-state index contributed by atoms with van der Waals surface area (Å²) in [4.78, 5) is 9.97. The molecule has 5 heteroatoms. The average Bonchev–Trinajstić information content (AvgIpc) is 2.18. The molecule has 82 valence electrons. The molecule has 0 amide bonds. The second kappa shape index (κ2) is 4.37. The maximum atomic E-state index is 10.4. The highest BCUT2D eigenvalue weighted by Gasteiger charge is 2.20. The van der Waals surface area contributed by atoms with Crippen molar-refractivity contribution in [3.63, 3.8) is 0 Å². The molecule has 0 unspecified atom stereocenters. The lowest BCUT2D eigenvalue weighted by Gasteiger charge is -2.23. The Hall–Kier alpha value is -1.46. The monoisotopic (exact) mass is 210 g/mol. The molecule has 0 aromatic heterocycles. The van der Waals surface area contributed by atoms with E-state index in [1.54, 1.807) is 19.1 Å². The van der Waals surface area contributed by atoms with Crippen LogP contribution in [0.15, 0.2) is 24.3 Å². The second-order valence-electron chi connectivity index (χ2n) is 3.70. The molecule has 0 spiro atoms. The molecule has 1 aromatic rings. The van der Waals surface area contributed by atoms with Gasteiger partial charge in [0.25, 0.3) is 5.69 Å². The highest BCUT2D eigenvalue weighted by molar-refractivity contribution is 5.35. The van der Waals surface area contributed by atoms with Gasteiger partial charge < -0.3 is 10.8 Å². The van der Waals surface area contributed by atoms with E-state index in [1.165, 1.54) is 12.1 Å². The van der Waals surface area contributed by atoms with Crippen molar-refractivity contribution >= 4 is 5.69 Å². The van der Waals surface area contributed by atoms with Crippen LogP contribution in [0.1, 0.15) is 18.9 Å². The van der Waals surface area contributed by atoms with Crippen LogP contribution in [0.5, 0.6) is 0 Å². The molecule has 1 atom stereocenters. The van der Waals surface area contributed by atoms with Crippen molar-refractivity contribution in [1.29, 1.82) is 0 Å². The normalized spacial score (nSPS) is 14.6. The number of nitro benzene ring substituents is 1. The van der Waals surface area contributed by atoms with Crippen molar-refractivity contribution in [2.24, 2.45) is 5.73 Å². The maximum absolute atomic E-state index is 10.4. The van der Waals surface area contributed by atoms with Crippen LogP contribution in [0.3, 0.4) is 0 Å². The summed E-state index contributed by atoms with van der Waals surface area (Å²) in [7, 11) is 0. The lowest BCUT2D eigenvalue weighted by atomic mass is 9.90. The maximum Gasteiger partial charge on any atom is 0.269 e. The van der Waals surface area contributed by atoms with Gasteiger partial charge in [-0.2, -0.15) is 0 Å². The Morgan fingerprint density at radius 3 is 2.40 bits per heavy atom. The quantitative estimate of drug-likeness (QED) is 0.576. The molecule has 0 saturated carbocycles. The number of hydrogen-bond donors (Lipinski definition) is 2. The van der Waals surface area contributed by atoms with Gasteiger partial charge in [-0.1, -0.05) is 12.1 Å². The summed E-state index contributed by atoms with van der Waals surface area (Å²) >= 11 is 0. The Morgan fingerprint density at radius 1 is 1.47 bits per heavy atom. The molecule has 15 heavy (non-hydrogen) atoms. The number of aliphatic hydroxyl groups excluding tert-OH is 1. The van der Waals surface area contributed by atoms with Crippen molar-refractivity contribution in [2.75, 3.05) is 6.61 Å². The van der Waals surface area contributed by atoms with Crippen LogP contribution in [0.25, 0.3) is 0 Å². The Kier molecular flexibility index (Phi) is 3.39. The first-order chi connectivity index (χ1) is 6.97. The molecule has 0 aliphatic heterocycles. The highest BCUT2D eigenvalue weighted by Crippen LogP contribution is 2.23. The molecule has 0 radical (unpaired) electrons. The van der Waals surface area contributed by atoms with Gasteiger partial charge in [0.1, 0.15) is 0 Å². The van der Waals surface area contributed by atoms with E-state index in [0.29, 0.717) is 6.42 Å². The van der Waals surface area contributed by atoms with Crippen molar-refractivity contribution in [3.8, 4) is 0 Å². The van der Waals surface area contributed by atoms with E-state index in [0.717, 1.165) is 5.56 Å². The van der Waals surface area contributed by atoms with Crippen LogP contribution < -0.4 is 5.73 Å². The molecule has 1 rings (SSSR count). The number of nitrogens with two attached hydrogens (primary N) is 1. The van der Waals surface area contributed by atoms with Gasteiger partial charge in [-0.3, -0.25) is 10.1 Å². The standard InChI is InChI=1S/C10H14N2O3/c1-10(11,6-7-13)8-2-4-9(5-3-8)12(14)15/h2-5,13H,6-7,11H2,1H3/t10-/m0/s1. The first kappa shape index (κ1) is 11.6. The summed E-state index contributed by atoms with van der Waals surface area (Å²) in [5, 5.41) is 19.2. The minimum Gasteiger partial charge on any atom is -0.396 e. The molecule has 0 fully saturated rings. The molecule has 1 aromatic carbocycles. The lowest BCUT2D eigenvalue weighted by molar-refractivity contribution is -0.384. The van der Waals surface area contributed by atoms with Gasteiger partial charge in [-0.05, 0) is 18.9 Å². The first-order valence-corrected chi connectivity index (χ1v) is 4.62. The van der Waals surface area contributed by atoms with Crippen LogP contribution in [-0.2, 0) is 5.54 Å². The smallest absolute Gasteiger partial charge is 0.269 e. The molecule has 0 bridgehead atoms. The van der Waals surface area contributed by atoms with Crippen LogP contribution >= 0.6 is 0 Å². The largest absolute Gasteiger partial charge is 0.396 e. The van der Waals surface area contributed by atoms with Crippen molar-refractivity contribution in [2.45, 2.75) is 18.9 Å². The van der Waals surface area contributed by atoms with E-state index in [4.69, 9.17) is 10.8 Å². The molecule has 5 nitrogen and oxygen atoms in total. The van der Waals surface area contributed by atoms with Gasteiger partial charge in [-0.25, -0.2) is 0 Å². The van der Waals surface area contributed by atoms with E-state index < -0.39 is 10.5 Å². The van der Waals surface area contributed by atoms with Gasteiger partial charge in [0.15, 0.2) is 0 Å². The molecular formula is C10H14N2O3. The molecule has 0 saturated heterocycles. The Bertz CT molecular complexity index is 346. The van der Waals surface area contributed by atoms with E-state index in [2.05, 4.69) is 0 Å². The highest BCUT2D eigenvalue weighted by atomic mass is 16.6. The van der Waals surface area contributed by atoms with E-state index in [1.807, 2.05) is 0 Å². The number of non-ortho nitro benzene ring substituents is 1. The van der Waals surface area contributed by atoms with Crippen LogP contribution in [0, 0.1) is 10.1 Å². The van der Waals surface area contributed by atoms with Gasteiger partial charge in [0.05, 0.1) is 4.92 Å². The van der Waals surface area contributed by atoms with Crippen molar-refractivity contribution in [3.05, 3.63) is 39.9 Å². The Balaban J connectivity index is 2.93. The lowest BCUT2D eigenvalue weighted by Crippen LogP contribution is -2.33. The fourth-order valence-electron chi connectivity index (χ4n) is 1.34. The SMILES string of the molecule is C[C@](N)(CCO)c1ccc([N+](=O)[O-])cc1. The molecule has 0 aliphatic carbocycles. The zero-order valence-electron chi connectivity index (χ0n) is 8.51. The second-order valence-corrected chi connectivity index (χ2v) is 3.70. The number of hydrogen-bond acceptors (Lipinski definition) is 4. The zero-order valence-corrected chi connectivity index (χ0v) is 8.51. The summed E-state index contributed by atoms with van der Waals surface area (Å²) in [5.41, 5.74) is 6.12. The van der Waals surface area contributed by atoms with E-state index in [9.17, 15) is 10.1 Å². The van der Waals surface area contributed by atoms with E-state index in [-0.39, 0.29) is 12.3 Å². The predicted octanol–water partition coefficient (Wildman–Crippen LogP) is 1.15. The molecule has 3 N–H and O–H groups in total. The minimum absolute atomic E-state index is 0.00993. The number of nitrogens with zero attached hydrogens (tertiary/aromatic N) is 1. The van der Waals surface area contributed by atoms with Gasteiger partial charge in [0, 0.05) is 24.3 Å². The fourth-order valence-corrected chi connectivity index (χ4v) is 1.34. The third kappa shape index (κ3) is 2.74. The van der Waals surface area contributed by atoms with Gasteiger partial charge >= 0.3 is 0 Å². The Morgan fingerprint density at radius 2 is 2.00 bits per heavy atom. The zero-order chi connectivity index (χ0) is 11.5. The number of nitro groups is 1. The Labute approximate surface area is 87.7 Å². The summed E-state index contributed by atoms with van der Waals surface area (Å²) in [6.07, 6.45) is 0.421. The number of aliphatic hydroxyl groups is 1. The van der Waals surface area contributed by atoms with Crippen molar-refractivity contribution < 1.29 is 10.0 Å². The fraction of sp³-hybridized carbons (Fsp3) is 0.400. The van der Waals surface area contributed by atoms with Crippen LogP contribution in [0.2, 0.25) is 0 Å². The first-order valence-electron chi connectivity index (χ1n) is 4.62. The number of rotatable bonds is 4. The van der Waals surface area contributed by atoms with E-state index >= 15 is 0 Å². The number of benzene rings is 1. The summed E-state index contributed by atoms with van der Waals surface area (Å²) in [5.74, 6) is 0. The molecular weight excluding hydrogens is 196 g/mol. The van der Waals surface area contributed by atoms with Crippen molar-refractivity contribution in [1.82, 2.24) is 0 Å². The predicted molar refractivity (Wildman–Crippen MR) is 56.3 cm³/mol. The topological polar surface area (TPSA) is 89.4 Å². The summed E-state index contributed by atoms with van der Waals surface area (Å²) in [6, 6.07) is 6.07. The van der Waals surface area contributed by atoms with Gasteiger partial charge in [-0.15, -0.1) is 0 Å². The van der Waals surface area contributed by atoms with Gasteiger partial charge in [0.2, 0.25) is 0 Å². The minimum atomic E-state index is -0.649. The third-order valence-electron chi connectivity index (χ3n) is 2.37. The third-order valence-corrected chi connectivity index (χ3v) is 2.37. The average molecular weight is 210 g/mol. The molecule has 0 heterocycles. The molecule has 0 aliphatic rings. The van der Waals surface area contributed by atoms with Crippen LogP contribution in [0.4, 0.5) is 5.69 Å². The summed E-state index contributed by atoms with van der Waals surface area (Å²) < 4.78 is 0. The van der Waals surface area contributed by atoms with Crippen LogP contribution in [-0.4, -0.2) is 16.6 Å².